The second kappa shape index (κ2) is 10.8. The number of hydrogen-bond donors (Lipinski definition) is 2. The Morgan fingerprint density at radius 2 is 1.76 bits per heavy atom. The lowest BCUT2D eigenvalue weighted by atomic mass is 10.1. The van der Waals surface area contributed by atoms with Crippen LogP contribution in [0, 0.1) is 0 Å². The van der Waals surface area contributed by atoms with Gasteiger partial charge in [-0.15, -0.1) is 10.2 Å². The van der Waals surface area contributed by atoms with E-state index >= 15 is 0 Å². The molecule has 2 heterocycles. The number of nitrogens with zero attached hydrogens (tertiary/aromatic N) is 3. The predicted octanol–water partition coefficient (Wildman–Crippen LogP) is 4.19. The number of aromatic nitrogens is 3. The maximum atomic E-state index is 12.7. The number of pyridine rings is 1. The number of ether oxygens (including phenoxy) is 2. The number of nitrogens with one attached hydrogen (secondary N) is 2. The quantitative estimate of drug-likeness (QED) is 0.311. The average Bonchev–Trinajstić information content (AvgIpc) is 2.89. The molecule has 0 radical (unpaired) electrons. The first-order valence-electron chi connectivity index (χ1n) is 10.8. The topological polar surface area (TPSA) is 149 Å². The van der Waals surface area contributed by atoms with Crippen molar-refractivity contribution in [2.75, 3.05) is 23.8 Å². The molecule has 0 bridgehead atoms. The van der Waals surface area contributed by atoms with Crippen LogP contribution >= 0.6 is 11.6 Å². The van der Waals surface area contributed by atoms with Crippen molar-refractivity contribution in [1.29, 1.82) is 0 Å². The van der Waals surface area contributed by atoms with E-state index in [4.69, 9.17) is 21.1 Å². The van der Waals surface area contributed by atoms with Crippen molar-refractivity contribution in [3.8, 4) is 0 Å². The van der Waals surface area contributed by atoms with Crippen molar-refractivity contribution in [3.63, 3.8) is 0 Å². The van der Waals surface area contributed by atoms with Gasteiger partial charge in [-0.3, -0.25) is 9.71 Å². The fraction of sp³-hybridized carbons (Fsp3) is 0.125. The van der Waals surface area contributed by atoms with Gasteiger partial charge in [-0.25, -0.2) is 18.0 Å². The van der Waals surface area contributed by atoms with Crippen molar-refractivity contribution in [2.24, 2.45) is 0 Å². The average molecular weight is 542 g/mol. The number of esters is 2. The summed E-state index contributed by atoms with van der Waals surface area (Å²) in [6, 6.07) is 13.3. The molecule has 190 valence electrons. The molecule has 0 saturated heterocycles. The van der Waals surface area contributed by atoms with E-state index in [2.05, 4.69) is 25.2 Å². The third kappa shape index (κ3) is 5.76. The van der Waals surface area contributed by atoms with Crippen LogP contribution in [0.15, 0.2) is 65.7 Å². The van der Waals surface area contributed by atoms with Crippen LogP contribution in [-0.2, 0) is 19.5 Å². The summed E-state index contributed by atoms with van der Waals surface area (Å²) in [5, 5.41) is 11.0. The van der Waals surface area contributed by atoms with Crippen LogP contribution in [0.3, 0.4) is 0 Å². The summed E-state index contributed by atoms with van der Waals surface area (Å²) < 4.78 is 37.8. The lowest BCUT2D eigenvalue weighted by molar-refractivity contribution is 0.0526. The van der Waals surface area contributed by atoms with Gasteiger partial charge in [0.05, 0.1) is 35.4 Å². The molecule has 37 heavy (non-hydrogen) atoms. The molecular weight excluding hydrogens is 522 g/mol. The van der Waals surface area contributed by atoms with Gasteiger partial charge in [0.1, 0.15) is 5.56 Å². The minimum atomic E-state index is -3.96. The molecular formula is C24H20ClN5O6S. The Bertz CT molecular complexity index is 1580. The van der Waals surface area contributed by atoms with Crippen LogP contribution in [0.25, 0.3) is 10.9 Å². The Morgan fingerprint density at radius 3 is 2.41 bits per heavy atom. The monoisotopic (exact) mass is 541 g/mol. The van der Waals surface area contributed by atoms with Crippen molar-refractivity contribution in [3.05, 3.63) is 77.1 Å². The number of fused-ring (bicyclic) bond motifs is 1. The fourth-order valence-electron chi connectivity index (χ4n) is 3.36. The zero-order valence-corrected chi connectivity index (χ0v) is 21.1. The molecule has 11 nitrogen and oxygen atoms in total. The molecule has 0 fully saturated rings. The molecule has 0 unspecified atom stereocenters. The molecule has 0 saturated carbocycles. The minimum absolute atomic E-state index is 0.00958. The number of methoxy groups -OCH3 is 1. The van der Waals surface area contributed by atoms with Gasteiger partial charge in [-0.1, -0.05) is 11.6 Å². The number of hydrogen-bond acceptors (Lipinski definition) is 10. The Balaban J connectivity index is 1.70. The van der Waals surface area contributed by atoms with E-state index in [1.54, 1.807) is 25.1 Å². The van der Waals surface area contributed by atoms with Crippen molar-refractivity contribution < 1.29 is 27.5 Å². The predicted molar refractivity (Wildman–Crippen MR) is 137 cm³/mol. The first kappa shape index (κ1) is 25.8. The number of carbonyl (C=O) groups is 2. The molecule has 2 N–H and O–H groups in total. The Morgan fingerprint density at radius 1 is 1.00 bits per heavy atom. The van der Waals surface area contributed by atoms with Gasteiger partial charge in [0.2, 0.25) is 0 Å². The Hall–Kier alpha value is -4.29. The highest BCUT2D eigenvalue weighted by Gasteiger charge is 2.20. The number of carbonyl (C=O) groups excluding carboxylic acids is 2. The standard InChI is InChI=1S/C24H20ClN5O6S/c1-3-36-24(32)18-13-26-19-9-4-14(23(31)35-2)12-17(19)22(18)27-15-5-7-16(8-6-15)37(33,34)30-21-11-10-20(25)28-29-21/h4-13H,3H2,1-2H3,(H,26,27)(H,29,30). The largest absolute Gasteiger partial charge is 0.465 e. The molecule has 0 amide bonds. The van der Waals surface area contributed by atoms with E-state index in [0.29, 0.717) is 22.3 Å². The highest BCUT2D eigenvalue weighted by atomic mass is 35.5. The van der Waals surface area contributed by atoms with E-state index in [9.17, 15) is 18.0 Å². The number of anilines is 3. The number of rotatable bonds is 8. The highest BCUT2D eigenvalue weighted by Crippen LogP contribution is 2.31. The Kier molecular flexibility index (Phi) is 7.50. The zero-order chi connectivity index (χ0) is 26.6. The normalized spacial score (nSPS) is 11.1. The van der Waals surface area contributed by atoms with Crippen LogP contribution in [0.4, 0.5) is 17.2 Å². The van der Waals surface area contributed by atoms with E-state index in [1.165, 1.54) is 49.7 Å². The molecule has 4 aromatic rings. The molecule has 0 aliphatic heterocycles. The lowest BCUT2D eigenvalue weighted by Crippen LogP contribution is -2.14. The maximum Gasteiger partial charge on any atom is 0.341 e. The maximum absolute atomic E-state index is 12.7. The van der Waals surface area contributed by atoms with Gasteiger partial charge in [0.15, 0.2) is 11.0 Å². The smallest absolute Gasteiger partial charge is 0.341 e. The summed E-state index contributed by atoms with van der Waals surface area (Å²) in [6.45, 7) is 1.83. The van der Waals surface area contributed by atoms with Crippen LogP contribution in [0.1, 0.15) is 27.6 Å². The summed E-state index contributed by atoms with van der Waals surface area (Å²) in [5.41, 5.74) is 1.71. The van der Waals surface area contributed by atoms with Gasteiger partial charge in [0, 0.05) is 17.3 Å². The van der Waals surface area contributed by atoms with Gasteiger partial charge in [-0.05, 0) is 61.5 Å². The number of halogens is 1. The van der Waals surface area contributed by atoms with Gasteiger partial charge in [-0.2, -0.15) is 0 Å². The molecule has 4 rings (SSSR count). The van der Waals surface area contributed by atoms with Crippen molar-refractivity contribution >= 4 is 61.7 Å². The van der Waals surface area contributed by atoms with Gasteiger partial charge >= 0.3 is 11.9 Å². The van der Waals surface area contributed by atoms with E-state index in [0.717, 1.165) is 0 Å². The third-order valence-corrected chi connectivity index (χ3v) is 6.66. The third-order valence-electron chi connectivity index (χ3n) is 5.09. The van der Waals surface area contributed by atoms with Crippen LogP contribution in [-0.4, -0.2) is 49.3 Å². The van der Waals surface area contributed by atoms with Gasteiger partial charge in [0.25, 0.3) is 10.0 Å². The molecule has 0 aliphatic carbocycles. The van der Waals surface area contributed by atoms with E-state index in [-0.39, 0.29) is 33.6 Å². The summed E-state index contributed by atoms with van der Waals surface area (Å²) in [4.78, 5) is 29.0. The van der Waals surface area contributed by atoms with Crippen molar-refractivity contribution in [2.45, 2.75) is 11.8 Å². The summed E-state index contributed by atoms with van der Waals surface area (Å²) in [7, 11) is -2.69. The van der Waals surface area contributed by atoms with Gasteiger partial charge < -0.3 is 14.8 Å². The fourth-order valence-corrected chi connectivity index (χ4v) is 4.46. The van der Waals surface area contributed by atoms with Crippen LogP contribution in [0.5, 0.6) is 0 Å². The van der Waals surface area contributed by atoms with Crippen LogP contribution in [0.2, 0.25) is 5.15 Å². The molecule has 0 spiro atoms. The second-order valence-electron chi connectivity index (χ2n) is 7.49. The van der Waals surface area contributed by atoms with Crippen LogP contribution < -0.4 is 10.0 Å². The molecule has 13 heteroatoms. The lowest BCUT2D eigenvalue weighted by Gasteiger charge is -2.15. The zero-order valence-electron chi connectivity index (χ0n) is 19.6. The summed E-state index contributed by atoms with van der Waals surface area (Å²) in [5.74, 6) is -1.16. The number of benzene rings is 2. The SMILES string of the molecule is CCOC(=O)c1cnc2ccc(C(=O)OC)cc2c1Nc1ccc(S(=O)(=O)Nc2ccc(Cl)nn2)cc1. The van der Waals surface area contributed by atoms with E-state index < -0.39 is 22.0 Å². The molecule has 2 aromatic carbocycles. The Labute approximate surface area is 216 Å². The highest BCUT2D eigenvalue weighted by molar-refractivity contribution is 7.92. The first-order chi connectivity index (χ1) is 17.7. The van der Waals surface area contributed by atoms with Crippen molar-refractivity contribution in [1.82, 2.24) is 15.2 Å². The molecule has 2 aromatic heterocycles. The first-order valence-corrected chi connectivity index (χ1v) is 12.6. The number of sulfonamides is 1. The van der Waals surface area contributed by atoms with E-state index in [1.807, 2.05) is 0 Å². The second-order valence-corrected chi connectivity index (χ2v) is 9.56. The summed E-state index contributed by atoms with van der Waals surface area (Å²) in [6.07, 6.45) is 1.37. The molecule has 0 aliphatic rings. The minimum Gasteiger partial charge on any atom is -0.465 e. The summed E-state index contributed by atoms with van der Waals surface area (Å²) >= 11 is 5.69. The molecule has 0 atom stereocenters.